The maximum Gasteiger partial charge on any atom is 0.256 e. The molecule has 1 amide bonds. The molecule has 34 heavy (non-hydrogen) atoms. The second-order valence-electron chi connectivity index (χ2n) is 9.26. The van der Waals surface area contributed by atoms with Crippen molar-refractivity contribution in [2.24, 2.45) is 11.8 Å². The van der Waals surface area contributed by atoms with Gasteiger partial charge < -0.3 is 4.90 Å². The molecule has 9 heteroatoms. The van der Waals surface area contributed by atoms with E-state index < -0.39 is 5.82 Å². The standard InChI is InChI=1S/C25H23F2N5OS/c1-14-15-10-18(11-15)31(21(14)6-7-24-30-20-4-2-17(27)13-23(20)34-24)25(33)19-12-16(26)3-5-22(19)32-28-8-9-29-32/h2-5,8-9,12-15,18,21H,6-7,10-11H2,1H3/t14-,15?,18?,21?/m1/s1. The summed E-state index contributed by atoms with van der Waals surface area (Å²) < 4.78 is 28.7. The molecule has 0 radical (unpaired) electrons. The second-order valence-corrected chi connectivity index (χ2v) is 10.4. The molecule has 1 aliphatic carbocycles. The number of hydrogen-bond acceptors (Lipinski definition) is 5. The van der Waals surface area contributed by atoms with Gasteiger partial charge in [0.1, 0.15) is 11.6 Å². The van der Waals surface area contributed by atoms with E-state index in [2.05, 4.69) is 22.1 Å². The number of carbonyl (C=O) groups is 1. The van der Waals surface area contributed by atoms with Gasteiger partial charge in [-0.05, 0) is 67.5 Å². The molecule has 2 aromatic carbocycles. The molecule has 3 aliphatic rings. The quantitative estimate of drug-likeness (QED) is 0.403. The van der Waals surface area contributed by atoms with Crippen molar-refractivity contribution in [2.75, 3.05) is 0 Å². The van der Waals surface area contributed by atoms with Gasteiger partial charge in [-0.2, -0.15) is 15.0 Å². The average Bonchev–Trinajstić information content (AvgIpc) is 3.46. The zero-order valence-electron chi connectivity index (χ0n) is 18.6. The third kappa shape index (κ3) is 3.58. The van der Waals surface area contributed by atoms with Crippen molar-refractivity contribution < 1.29 is 13.6 Å². The van der Waals surface area contributed by atoms with Crippen LogP contribution in [-0.4, -0.2) is 42.9 Å². The van der Waals surface area contributed by atoms with Crippen LogP contribution in [0.2, 0.25) is 0 Å². The number of hydrogen-bond donors (Lipinski definition) is 0. The first-order valence-corrected chi connectivity index (χ1v) is 12.3. The highest BCUT2D eigenvalue weighted by atomic mass is 32.1. The van der Waals surface area contributed by atoms with Crippen LogP contribution in [0.4, 0.5) is 8.78 Å². The Morgan fingerprint density at radius 3 is 2.62 bits per heavy atom. The molecule has 2 bridgehead atoms. The molecule has 4 heterocycles. The van der Waals surface area contributed by atoms with Gasteiger partial charge in [0.05, 0.1) is 38.9 Å². The summed E-state index contributed by atoms with van der Waals surface area (Å²) in [6.07, 6.45) is 6.49. The smallest absolute Gasteiger partial charge is 0.256 e. The lowest BCUT2D eigenvalue weighted by Crippen LogP contribution is -2.63. The number of thiazole rings is 1. The number of aromatic nitrogens is 4. The van der Waals surface area contributed by atoms with Crippen molar-refractivity contribution in [3.63, 3.8) is 0 Å². The minimum Gasteiger partial charge on any atom is -0.332 e. The molecule has 2 saturated heterocycles. The van der Waals surface area contributed by atoms with Crippen molar-refractivity contribution >= 4 is 27.5 Å². The van der Waals surface area contributed by atoms with Crippen molar-refractivity contribution in [3.8, 4) is 5.69 Å². The van der Waals surface area contributed by atoms with Crippen LogP contribution in [0.1, 0.15) is 41.6 Å². The zero-order valence-corrected chi connectivity index (χ0v) is 19.4. The van der Waals surface area contributed by atoms with Crippen LogP contribution in [0.15, 0.2) is 48.8 Å². The molecule has 7 rings (SSSR count). The van der Waals surface area contributed by atoms with E-state index in [1.54, 1.807) is 12.1 Å². The maximum atomic E-state index is 14.2. The van der Waals surface area contributed by atoms with E-state index in [4.69, 9.17) is 0 Å². The molecular weight excluding hydrogens is 456 g/mol. The van der Waals surface area contributed by atoms with Gasteiger partial charge in [-0.15, -0.1) is 11.3 Å². The van der Waals surface area contributed by atoms with Crippen LogP contribution in [0.25, 0.3) is 15.9 Å². The lowest BCUT2D eigenvalue weighted by molar-refractivity contribution is -0.0570. The van der Waals surface area contributed by atoms with Crippen molar-refractivity contribution in [1.29, 1.82) is 0 Å². The highest BCUT2D eigenvalue weighted by Crippen LogP contribution is 2.48. The third-order valence-electron chi connectivity index (χ3n) is 7.36. The minimum atomic E-state index is -0.464. The van der Waals surface area contributed by atoms with Gasteiger partial charge in [0.15, 0.2) is 0 Å². The zero-order chi connectivity index (χ0) is 23.4. The first-order valence-electron chi connectivity index (χ1n) is 11.5. The van der Waals surface area contributed by atoms with E-state index in [-0.39, 0.29) is 29.4 Å². The van der Waals surface area contributed by atoms with E-state index in [0.717, 1.165) is 34.5 Å². The van der Waals surface area contributed by atoms with Crippen molar-refractivity contribution in [3.05, 3.63) is 71.0 Å². The second kappa shape index (κ2) is 8.23. The number of piperidine rings is 2. The van der Waals surface area contributed by atoms with Crippen LogP contribution in [0, 0.1) is 23.5 Å². The SMILES string of the molecule is C[C@@H]1C2CC(C2)N(C(=O)c2cc(F)ccc2-n2nccn2)C1CCc1nc2ccc(F)cc2s1. The summed E-state index contributed by atoms with van der Waals surface area (Å²) in [6.45, 7) is 2.21. The number of rotatable bonds is 5. The number of nitrogens with zero attached hydrogens (tertiary/aromatic N) is 5. The lowest BCUT2D eigenvalue weighted by atomic mass is 9.64. The molecule has 2 atom stereocenters. The molecule has 1 saturated carbocycles. The maximum absolute atomic E-state index is 14.2. The summed E-state index contributed by atoms with van der Waals surface area (Å²) in [6, 6.07) is 8.98. The minimum absolute atomic E-state index is 0.0236. The van der Waals surface area contributed by atoms with Crippen LogP contribution in [-0.2, 0) is 6.42 Å². The van der Waals surface area contributed by atoms with Gasteiger partial charge >= 0.3 is 0 Å². The Morgan fingerprint density at radius 2 is 1.82 bits per heavy atom. The summed E-state index contributed by atoms with van der Waals surface area (Å²) >= 11 is 1.50. The fourth-order valence-electron chi connectivity index (χ4n) is 5.50. The third-order valence-corrected chi connectivity index (χ3v) is 8.44. The predicted octanol–water partition coefficient (Wildman–Crippen LogP) is 5.03. The number of aryl methyl sites for hydroxylation is 1. The molecule has 1 unspecified atom stereocenters. The molecule has 2 aromatic heterocycles. The molecular formula is C25H23F2N5OS. The van der Waals surface area contributed by atoms with E-state index in [9.17, 15) is 13.6 Å². The summed E-state index contributed by atoms with van der Waals surface area (Å²) in [5.41, 5.74) is 1.54. The number of halogens is 2. The Labute approximate surface area is 199 Å². The highest BCUT2D eigenvalue weighted by molar-refractivity contribution is 7.18. The van der Waals surface area contributed by atoms with Gasteiger partial charge in [-0.25, -0.2) is 13.8 Å². The number of carbonyl (C=O) groups excluding carboxylic acids is 1. The fraction of sp³-hybridized carbons (Fsp3) is 0.360. The number of benzene rings is 2. The van der Waals surface area contributed by atoms with E-state index in [1.165, 1.54) is 52.8 Å². The van der Waals surface area contributed by atoms with Crippen LogP contribution < -0.4 is 0 Å². The molecule has 4 aromatic rings. The predicted molar refractivity (Wildman–Crippen MR) is 125 cm³/mol. The van der Waals surface area contributed by atoms with Gasteiger partial charge in [0.2, 0.25) is 0 Å². The Kier molecular flexibility index (Phi) is 5.17. The van der Waals surface area contributed by atoms with Crippen molar-refractivity contribution in [2.45, 2.75) is 44.7 Å². The van der Waals surface area contributed by atoms with Gasteiger partial charge in [0, 0.05) is 18.5 Å². The summed E-state index contributed by atoms with van der Waals surface area (Å²) in [5.74, 6) is 0.0224. The topological polar surface area (TPSA) is 63.9 Å². The molecule has 2 aliphatic heterocycles. The number of amides is 1. The largest absolute Gasteiger partial charge is 0.332 e. The van der Waals surface area contributed by atoms with E-state index in [0.29, 0.717) is 23.9 Å². The average molecular weight is 480 g/mol. The molecule has 174 valence electrons. The first kappa shape index (κ1) is 21.3. The summed E-state index contributed by atoms with van der Waals surface area (Å²) in [5, 5.41) is 9.23. The fourth-order valence-corrected chi connectivity index (χ4v) is 6.51. The van der Waals surface area contributed by atoms with E-state index >= 15 is 0 Å². The molecule has 0 N–H and O–H groups in total. The Bertz CT molecular complexity index is 1370. The molecule has 0 spiro atoms. The van der Waals surface area contributed by atoms with Gasteiger partial charge in [-0.3, -0.25) is 4.79 Å². The van der Waals surface area contributed by atoms with Crippen LogP contribution in [0.3, 0.4) is 0 Å². The number of fused-ring (bicyclic) bond motifs is 3. The normalized spacial score (nSPS) is 23.8. The molecule has 3 fully saturated rings. The monoisotopic (exact) mass is 479 g/mol. The van der Waals surface area contributed by atoms with Crippen LogP contribution in [0.5, 0.6) is 0 Å². The lowest BCUT2D eigenvalue weighted by Gasteiger charge is -2.57. The first-order chi connectivity index (χ1) is 16.5. The summed E-state index contributed by atoms with van der Waals surface area (Å²) in [4.78, 5) is 21.9. The highest BCUT2D eigenvalue weighted by Gasteiger charge is 2.50. The molecule has 6 nitrogen and oxygen atoms in total. The Morgan fingerprint density at radius 1 is 1.09 bits per heavy atom. The Balaban J connectivity index is 1.30. The van der Waals surface area contributed by atoms with Crippen molar-refractivity contribution in [1.82, 2.24) is 24.9 Å². The summed E-state index contributed by atoms with van der Waals surface area (Å²) in [7, 11) is 0. The van der Waals surface area contributed by atoms with E-state index in [1.807, 2.05) is 4.90 Å². The Hall–Kier alpha value is -3.20. The van der Waals surface area contributed by atoms with Gasteiger partial charge in [-0.1, -0.05) is 6.92 Å². The van der Waals surface area contributed by atoms with Crippen LogP contribution >= 0.6 is 11.3 Å². The van der Waals surface area contributed by atoms with Gasteiger partial charge in [0.25, 0.3) is 5.91 Å².